The number of nitrogens with one attached hydrogen (secondary N) is 2. The standard InChI is InChI=1S/C19H28F3N3S/c20-19(21,22)17-10-16(8-6-14(17)11-23)25-18(26)24-15-7-5-12-3-1-2-4-13(12)9-15/h12-17H,1-10H2,(H2,24,25,26). The fourth-order valence-corrected chi connectivity index (χ4v) is 5.57. The van der Waals surface area contributed by atoms with Crippen LogP contribution in [0.15, 0.2) is 0 Å². The molecule has 0 spiro atoms. The summed E-state index contributed by atoms with van der Waals surface area (Å²) in [5.41, 5.74) is 0. The molecule has 0 bridgehead atoms. The molecular weight excluding hydrogens is 359 g/mol. The summed E-state index contributed by atoms with van der Waals surface area (Å²) in [6, 6.07) is 1.86. The first-order valence-electron chi connectivity index (χ1n) is 9.90. The SMILES string of the molecule is N#CC1CCC(NC(=S)NC2CCC3CCCCC3C2)CC1C(F)(F)F. The van der Waals surface area contributed by atoms with E-state index in [9.17, 15) is 13.2 Å². The summed E-state index contributed by atoms with van der Waals surface area (Å²) in [5, 5.41) is 15.9. The first-order chi connectivity index (χ1) is 12.4. The average molecular weight is 388 g/mol. The van der Waals surface area contributed by atoms with Crippen LogP contribution in [0, 0.1) is 35.0 Å². The second kappa shape index (κ2) is 8.33. The van der Waals surface area contributed by atoms with Gasteiger partial charge >= 0.3 is 6.18 Å². The van der Waals surface area contributed by atoms with Crippen molar-refractivity contribution < 1.29 is 13.2 Å². The van der Waals surface area contributed by atoms with Gasteiger partial charge in [0.1, 0.15) is 0 Å². The Bertz CT molecular complexity index is 545. The lowest BCUT2D eigenvalue weighted by Crippen LogP contribution is -2.51. The molecule has 3 saturated carbocycles. The second-order valence-corrected chi connectivity index (χ2v) is 8.73. The Kier molecular flexibility index (Phi) is 6.32. The molecule has 2 N–H and O–H groups in total. The molecule has 146 valence electrons. The van der Waals surface area contributed by atoms with Gasteiger partial charge in [-0.3, -0.25) is 0 Å². The summed E-state index contributed by atoms with van der Waals surface area (Å²) < 4.78 is 39.6. The Balaban J connectivity index is 1.48. The molecule has 6 unspecified atom stereocenters. The second-order valence-electron chi connectivity index (χ2n) is 8.33. The van der Waals surface area contributed by atoms with Crippen molar-refractivity contribution in [3.05, 3.63) is 0 Å². The normalized spacial score (nSPS) is 37.9. The Morgan fingerprint density at radius 1 is 0.885 bits per heavy atom. The lowest BCUT2D eigenvalue weighted by Gasteiger charge is -2.40. The molecule has 7 heteroatoms. The molecular formula is C19H28F3N3S. The number of nitriles is 1. The maximum Gasteiger partial charge on any atom is 0.393 e. The molecule has 0 aromatic carbocycles. The van der Waals surface area contributed by atoms with Crippen molar-refractivity contribution in [1.29, 1.82) is 5.26 Å². The van der Waals surface area contributed by atoms with Crippen LogP contribution in [0.2, 0.25) is 0 Å². The highest BCUT2D eigenvalue weighted by molar-refractivity contribution is 7.80. The van der Waals surface area contributed by atoms with Crippen LogP contribution in [0.3, 0.4) is 0 Å². The van der Waals surface area contributed by atoms with E-state index >= 15 is 0 Å². The molecule has 0 amide bonds. The van der Waals surface area contributed by atoms with Gasteiger partial charge < -0.3 is 10.6 Å². The molecule has 3 fully saturated rings. The van der Waals surface area contributed by atoms with Gasteiger partial charge in [0.05, 0.1) is 17.9 Å². The Labute approximate surface area is 159 Å². The predicted molar refractivity (Wildman–Crippen MR) is 98.2 cm³/mol. The van der Waals surface area contributed by atoms with Crippen LogP contribution in [0.5, 0.6) is 0 Å². The zero-order valence-corrected chi connectivity index (χ0v) is 15.8. The number of nitrogens with zero attached hydrogens (tertiary/aromatic N) is 1. The van der Waals surface area contributed by atoms with E-state index in [0.29, 0.717) is 17.6 Å². The molecule has 0 saturated heterocycles. The number of alkyl halides is 3. The topological polar surface area (TPSA) is 47.9 Å². The fourth-order valence-electron chi connectivity index (χ4n) is 5.23. The smallest absolute Gasteiger partial charge is 0.360 e. The molecule has 0 aliphatic heterocycles. The summed E-state index contributed by atoms with van der Waals surface area (Å²) in [7, 11) is 0. The predicted octanol–water partition coefficient (Wildman–Crippen LogP) is 4.68. The van der Waals surface area contributed by atoms with Crippen molar-refractivity contribution in [1.82, 2.24) is 10.6 Å². The molecule has 3 aliphatic rings. The Morgan fingerprint density at radius 2 is 1.50 bits per heavy atom. The van der Waals surface area contributed by atoms with Crippen LogP contribution >= 0.6 is 12.2 Å². The molecule has 0 aromatic rings. The first-order valence-corrected chi connectivity index (χ1v) is 10.3. The molecule has 26 heavy (non-hydrogen) atoms. The molecule has 3 rings (SSSR count). The van der Waals surface area contributed by atoms with Gasteiger partial charge in [-0.05, 0) is 62.6 Å². The van der Waals surface area contributed by atoms with Gasteiger partial charge in [-0.15, -0.1) is 0 Å². The maximum absolute atomic E-state index is 13.2. The van der Waals surface area contributed by atoms with Gasteiger partial charge in [0.25, 0.3) is 0 Å². The monoisotopic (exact) mass is 387 g/mol. The van der Waals surface area contributed by atoms with E-state index in [1.54, 1.807) is 0 Å². The van der Waals surface area contributed by atoms with Gasteiger partial charge in [0.15, 0.2) is 5.11 Å². The van der Waals surface area contributed by atoms with E-state index in [4.69, 9.17) is 17.5 Å². The van der Waals surface area contributed by atoms with Gasteiger partial charge in [-0.1, -0.05) is 25.7 Å². The van der Waals surface area contributed by atoms with E-state index in [1.165, 1.54) is 32.1 Å². The van der Waals surface area contributed by atoms with Crippen molar-refractivity contribution in [3.63, 3.8) is 0 Å². The third-order valence-corrected chi connectivity index (χ3v) is 6.88. The Morgan fingerprint density at radius 3 is 2.15 bits per heavy atom. The van der Waals surface area contributed by atoms with Crippen molar-refractivity contribution in [3.8, 4) is 6.07 Å². The number of fused-ring (bicyclic) bond motifs is 1. The van der Waals surface area contributed by atoms with Crippen molar-refractivity contribution in [2.24, 2.45) is 23.7 Å². The average Bonchev–Trinajstić information content (AvgIpc) is 2.60. The van der Waals surface area contributed by atoms with E-state index < -0.39 is 18.0 Å². The zero-order chi connectivity index (χ0) is 18.7. The van der Waals surface area contributed by atoms with Gasteiger partial charge in [-0.2, -0.15) is 18.4 Å². The summed E-state index contributed by atoms with van der Waals surface area (Å²) in [6.07, 6.45) is 5.20. The third-order valence-electron chi connectivity index (χ3n) is 6.65. The maximum atomic E-state index is 13.2. The van der Waals surface area contributed by atoms with Crippen molar-refractivity contribution in [2.45, 2.75) is 82.5 Å². The third kappa shape index (κ3) is 4.82. The number of hydrogen-bond acceptors (Lipinski definition) is 2. The van der Waals surface area contributed by atoms with Crippen LogP contribution in [-0.4, -0.2) is 23.4 Å². The zero-order valence-electron chi connectivity index (χ0n) is 15.0. The van der Waals surface area contributed by atoms with Crippen LogP contribution in [0.1, 0.15) is 64.2 Å². The van der Waals surface area contributed by atoms with Crippen LogP contribution < -0.4 is 10.6 Å². The van der Waals surface area contributed by atoms with Gasteiger partial charge in [0, 0.05) is 12.1 Å². The molecule has 0 heterocycles. The van der Waals surface area contributed by atoms with E-state index in [0.717, 1.165) is 24.7 Å². The van der Waals surface area contributed by atoms with Crippen molar-refractivity contribution >= 4 is 17.3 Å². The highest BCUT2D eigenvalue weighted by Crippen LogP contribution is 2.42. The van der Waals surface area contributed by atoms with Gasteiger partial charge in [0.2, 0.25) is 0 Å². The highest BCUT2D eigenvalue weighted by Gasteiger charge is 2.48. The van der Waals surface area contributed by atoms with E-state index in [1.807, 2.05) is 6.07 Å². The number of thiocarbonyl (C=S) groups is 1. The lowest BCUT2D eigenvalue weighted by atomic mass is 9.69. The van der Waals surface area contributed by atoms with Crippen LogP contribution in [0.4, 0.5) is 13.2 Å². The van der Waals surface area contributed by atoms with Crippen molar-refractivity contribution in [2.75, 3.05) is 0 Å². The molecule has 6 atom stereocenters. The molecule has 0 aromatic heterocycles. The number of halogens is 3. The first kappa shape index (κ1) is 19.7. The van der Waals surface area contributed by atoms with Crippen LogP contribution in [-0.2, 0) is 0 Å². The molecule has 3 aliphatic carbocycles. The summed E-state index contributed by atoms with van der Waals surface area (Å²) in [4.78, 5) is 0. The molecule has 3 nitrogen and oxygen atoms in total. The fraction of sp³-hybridized carbons (Fsp3) is 0.895. The largest absolute Gasteiger partial charge is 0.393 e. The minimum Gasteiger partial charge on any atom is -0.360 e. The summed E-state index contributed by atoms with van der Waals surface area (Å²) in [6.45, 7) is 0. The van der Waals surface area contributed by atoms with Crippen LogP contribution in [0.25, 0.3) is 0 Å². The minimum atomic E-state index is -4.32. The summed E-state index contributed by atoms with van der Waals surface area (Å²) in [5.74, 6) is -0.856. The number of rotatable bonds is 2. The lowest BCUT2D eigenvalue weighted by molar-refractivity contribution is -0.192. The molecule has 0 radical (unpaired) electrons. The Hall–Kier alpha value is -1.03. The van der Waals surface area contributed by atoms with E-state index in [-0.39, 0.29) is 18.9 Å². The minimum absolute atomic E-state index is 0.0705. The van der Waals surface area contributed by atoms with E-state index in [2.05, 4.69) is 10.6 Å². The highest BCUT2D eigenvalue weighted by atomic mass is 32.1. The van der Waals surface area contributed by atoms with Gasteiger partial charge in [-0.25, -0.2) is 0 Å². The number of hydrogen-bond donors (Lipinski definition) is 2. The quantitative estimate of drug-likeness (QED) is 0.676. The summed E-state index contributed by atoms with van der Waals surface area (Å²) >= 11 is 5.38.